The summed E-state index contributed by atoms with van der Waals surface area (Å²) in [6, 6.07) is 4.06. The Balaban J connectivity index is 1.26. The normalized spacial score (nSPS) is 21.3. The quantitative estimate of drug-likeness (QED) is 0.830. The maximum absolute atomic E-state index is 12.9. The first-order valence-electron chi connectivity index (χ1n) is 10.6. The second-order valence-electron chi connectivity index (χ2n) is 8.36. The van der Waals surface area contributed by atoms with Crippen LogP contribution in [-0.2, 0) is 11.3 Å². The van der Waals surface area contributed by atoms with Crippen LogP contribution in [-0.4, -0.2) is 69.4 Å². The third-order valence-electron chi connectivity index (χ3n) is 6.39. The number of hydrogen-bond acceptors (Lipinski definition) is 5. The minimum absolute atomic E-state index is 0.0196. The first-order valence-corrected chi connectivity index (χ1v) is 10.6. The van der Waals surface area contributed by atoms with Gasteiger partial charge in [0.15, 0.2) is 0 Å². The number of rotatable bonds is 4. The minimum Gasteiger partial charge on any atom is -0.379 e. The molecule has 0 unspecified atom stereocenters. The van der Waals surface area contributed by atoms with Gasteiger partial charge in [-0.1, -0.05) is 6.07 Å². The molecule has 154 valence electrons. The molecule has 5 rings (SSSR count). The summed E-state index contributed by atoms with van der Waals surface area (Å²) in [5, 5.41) is 10.2. The summed E-state index contributed by atoms with van der Waals surface area (Å²) in [4.78, 5) is 21.9. The Morgan fingerprint density at radius 1 is 1.14 bits per heavy atom. The Morgan fingerprint density at radius 2 is 2.00 bits per heavy atom. The van der Waals surface area contributed by atoms with Gasteiger partial charge in [-0.25, -0.2) is 4.79 Å². The second-order valence-corrected chi connectivity index (χ2v) is 8.36. The van der Waals surface area contributed by atoms with Crippen LogP contribution < -0.4 is 5.32 Å². The number of anilines is 1. The van der Waals surface area contributed by atoms with E-state index in [1.54, 1.807) is 6.20 Å². The highest BCUT2D eigenvalue weighted by Gasteiger charge is 2.51. The van der Waals surface area contributed by atoms with Crippen LogP contribution >= 0.6 is 0 Å². The largest absolute Gasteiger partial charge is 0.379 e. The molecule has 0 bridgehead atoms. The van der Waals surface area contributed by atoms with Crippen molar-refractivity contribution in [1.82, 2.24) is 25.0 Å². The maximum atomic E-state index is 12.9. The summed E-state index contributed by atoms with van der Waals surface area (Å²) in [5.74, 6) is 0. The van der Waals surface area contributed by atoms with Gasteiger partial charge in [0.1, 0.15) is 5.69 Å². The molecule has 2 amide bonds. The number of hydrogen-bond donors (Lipinski definition) is 2. The first kappa shape index (κ1) is 18.6. The molecule has 4 heterocycles. The summed E-state index contributed by atoms with van der Waals surface area (Å²) in [7, 11) is 0. The Morgan fingerprint density at radius 3 is 2.76 bits per heavy atom. The topological polar surface area (TPSA) is 86.4 Å². The van der Waals surface area contributed by atoms with Crippen LogP contribution in [0.5, 0.6) is 0 Å². The van der Waals surface area contributed by atoms with Gasteiger partial charge in [0.25, 0.3) is 0 Å². The molecule has 2 saturated heterocycles. The monoisotopic (exact) mass is 396 g/mol. The third-order valence-corrected chi connectivity index (χ3v) is 6.39. The molecule has 0 aromatic carbocycles. The van der Waals surface area contributed by atoms with Crippen LogP contribution in [0.2, 0.25) is 0 Å². The van der Waals surface area contributed by atoms with Gasteiger partial charge in [-0.3, -0.25) is 15.0 Å². The average molecular weight is 396 g/mol. The van der Waals surface area contributed by atoms with Crippen molar-refractivity contribution < 1.29 is 9.53 Å². The van der Waals surface area contributed by atoms with Gasteiger partial charge in [-0.15, -0.1) is 0 Å². The van der Waals surface area contributed by atoms with Crippen molar-refractivity contribution >= 4 is 11.7 Å². The lowest BCUT2D eigenvalue weighted by Gasteiger charge is -2.36. The average Bonchev–Trinajstić information content (AvgIpc) is 3.35. The highest BCUT2D eigenvalue weighted by atomic mass is 16.5. The van der Waals surface area contributed by atoms with Gasteiger partial charge in [0.05, 0.1) is 30.8 Å². The van der Waals surface area contributed by atoms with Gasteiger partial charge in [-0.2, -0.15) is 5.10 Å². The number of likely N-dealkylation sites (tertiary alicyclic amines) is 1. The molecular formula is C21H28N6O2. The predicted octanol–water partition coefficient (Wildman–Crippen LogP) is 2.85. The van der Waals surface area contributed by atoms with Gasteiger partial charge in [0.2, 0.25) is 0 Å². The molecule has 2 N–H and O–H groups in total. The minimum atomic E-state index is -0.0196. The lowest BCUT2D eigenvalue weighted by atomic mass is 10.0. The van der Waals surface area contributed by atoms with Crippen molar-refractivity contribution in [2.75, 3.05) is 38.2 Å². The van der Waals surface area contributed by atoms with Crippen molar-refractivity contribution in [2.45, 2.75) is 44.2 Å². The fourth-order valence-corrected chi connectivity index (χ4v) is 4.52. The Bertz CT molecular complexity index is 854. The predicted molar refractivity (Wildman–Crippen MR) is 109 cm³/mol. The molecule has 0 atom stereocenters. The molecule has 2 aromatic heterocycles. The molecule has 1 aliphatic carbocycles. The Kier molecular flexibility index (Phi) is 4.97. The number of nitrogens with zero attached hydrogens (tertiary/aromatic N) is 4. The number of urea groups is 1. The van der Waals surface area contributed by atoms with Crippen LogP contribution in [0.25, 0.3) is 11.4 Å². The highest BCUT2D eigenvalue weighted by Crippen LogP contribution is 2.48. The van der Waals surface area contributed by atoms with Crippen LogP contribution in [0.3, 0.4) is 0 Å². The van der Waals surface area contributed by atoms with Gasteiger partial charge < -0.3 is 15.0 Å². The van der Waals surface area contributed by atoms with E-state index >= 15 is 0 Å². The summed E-state index contributed by atoms with van der Waals surface area (Å²) in [6.45, 7) is 5.21. The lowest BCUT2D eigenvalue weighted by molar-refractivity contribution is 0.0341. The molecular weight excluding hydrogens is 368 g/mol. The third kappa shape index (κ3) is 3.86. The Labute approximate surface area is 170 Å². The lowest BCUT2D eigenvalue weighted by Crippen LogP contribution is -2.47. The molecule has 2 aromatic rings. The van der Waals surface area contributed by atoms with E-state index in [9.17, 15) is 4.79 Å². The SMILES string of the molecule is O=C(Nc1cn[nH]c1-c1ccc(CN2CCOCC2)cn1)N1CCCCC12CC2. The van der Waals surface area contributed by atoms with Gasteiger partial charge in [0, 0.05) is 37.9 Å². The number of amides is 2. The number of ether oxygens (including phenoxy) is 1. The standard InChI is InChI=1S/C21H28N6O2/c28-20(27-8-2-1-5-21(27)6-7-21)24-18-14-23-25-19(18)17-4-3-16(13-22-17)15-26-9-11-29-12-10-26/h3-4,13-14H,1-2,5-12,15H2,(H,23,25)(H,24,28). The number of carbonyl (C=O) groups excluding carboxylic acids is 1. The van der Waals surface area contributed by atoms with Gasteiger partial charge >= 0.3 is 6.03 Å². The van der Waals surface area contributed by atoms with E-state index in [-0.39, 0.29) is 11.6 Å². The second kappa shape index (κ2) is 7.76. The summed E-state index contributed by atoms with van der Waals surface area (Å²) in [5.41, 5.74) is 3.50. The van der Waals surface area contributed by atoms with Gasteiger partial charge in [-0.05, 0) is 43.7 Å². The number of morpholine rings is 1. The molecule has 1 spiro atoms. The zero-order valence-electron chi connectivity index (χ0n) is 16.7. The van der Waals surface area contributed by atoms with Crippen LogP contribution in [0.15, 0.2) is 24.5 Å². The number of H-pyrrole nitrogens is 1. The summed E-state index contributed by atoms with van der Waals surface area (Å²) < 4.78 is 5.40. The number of aromatic amines is 1. The van der Waals surface area contributed by atoms with Crippen molar-refractivity contribution in [3.63, 3.8) is 0 Å². The summed E-state index contributed by atoms with van der Waals surface area (Å²) >= 11 is 0. The number of carbonyl (C=O) groups is 1. The van der Waals surface area contributed by atoms with Crippen molar-refractivity contribution in [2.24, 2.45) is 0 Å². The van der Waals surface area contributed by atoms with E-state index < -0.39 is 0 Å². The van der Waals surface area contributed by atoms with Crippen LogP contribution in [0.4, 0.5) is 10.5 Å². The van der Waals surface area contributed by atoms with E-state index in [0.29, 0.717) is 5.69 Å². The number of piperidine rings is 1. The zero-order valence-corrected chi connectivity index (χ0v) is 16.7. The molecule has 29 heavy (non-hydrogen) atoms. The molecule has 3 fully saturated rings. The molecule has 3 aliphatic rings. The molecule has 2 aliphatic heterocycles. The highest BCUT2D eigenvalue weighted by molar-refractivity contribution is 5.93. The zero-order chi connectivity index (χ0) is 19.7. The molecule has 8 nitrogen and oxygen atoms in total. The number of aromatic nitrogens is 3. The number of pyridine rings is 1. The van der Waals surface area contributed by atoms with Crippen LogP contribution in [0.1, 0.15) is 37.7 Å². The maximum Gasteiger partial charge on any atom is 0.322 e. The van der Waals surface area contributed by atoms with E-state index in [4.69, 9.17) is 4.74 Å². The first-order chi connectivity index (χ1) is 14.2. The van der Waals surface area contributed by atoms with E-state index in [1.807, 2.05) is 17.2 Å². The fourth-order valence-electron chi connectivity index (χ4n) is 4.52. The molecule has 0 radical (unpaired) electrons. The van der Waals surface area contributed by atoms with E-state index in [1.165, 1.54) is 12.0 Å². The molecule has 1 saturated carbocycles. The smallest absolute Gasteiger partial charge is 0.322 e. The number of nitrogens with one attached hydrogen (secondary N) is 2. The van der Waals surface area contributed by atoms with Crippen molar-refractivity contribution in [3.8, 4) is 11.4 Å². The Hall–Kier alpha value is -2.45. The van der Waals surface area contributed by atoms with Crippen molar-refractivity contribution in [1.29, 1.82) is 0 Å². The van der Waals surface area contributed by atoms with E-state index in [0.717, 1.165) is 76.5 Å². The molecule has 8 heteroatoms. The van der Waals surface area contributed by atoms with Crippen molar-refractivity contribution in [3.05, 3.63) is 30.1 Å². The van der Waals surface area contributed by atoms with Crippen LogP contribution in [0, 0.1) is 0 Å². The fraction of sp³-hybridized carbons (Fsp3) is 0.571. The summed E-state index contributed by atoms with van der Waals surface area (Å²) in [6.07, 6.45) is 9.27. The van der Waals surface area contributed by atoms with E-state index in [2.05, 4.69) is 31.5 Å².